The van der Waals surface area contributed by atoms with E-state index in [-0.39, 0.29) is 6.61 Å². The van der Waals surface area contributed by atoms with E-state index in [0.29, 0.717) is 19.8 Å². The number of unbranched alkanes of at least 4 members (excludes halogenated alkanes) is 2. The summed E-state index contributed by atoms with van der Waals surface area (Å²) in [6.07, 6.45) is 3.21. The van der Waals surface area contributed by atoms with E-state index >= 15 is 0 Å². The van der Waals surface area contributed by atoms with Crippen LogP contribution in [0.3, 0.4) is 0 Å². The van der Waals surface area contributed by atoms with Crippen LogP contribution in [0.25, 0.3) is 0 Å². The minimum Gasteiger partial charge on any atom is -0.388 e. The van der Waals surface area contributed by atoms with Gasteiger partial charge >= 0.3 is 5.97 Å². The number of ether oxygens (including phenoxy) is 3. The molecule has 4 heteroatoms. The Morgan fingerprint density at radius 1 is 0.933 bits per heavy atom. The lowest BCUT2D eigenvalue weighted by Gasteiger charge is -2.30. The van der Waals surface area contributed by atoms with E-state index in [4.69, 9.17) is 14.2 Å². The maximum Gasteiger partial charge on any atom is 0.307 e. The summed E-state index contributed by atoms with van der Waals surface area (Å²) in [4.78, 5) is 0. The van der Waals surface area contributed by atoms with Gasteiger partial charge in [0.15, 0.2) is 0 Å². The van der Waals surface area contributed by atoms with E-state index in [9.17, 15) is 5.11 Å². The molecule has 0 atom stereocenters. The summed E-state index contributed by atoms with van der Waals surface area (Å²) in [5.41, 5.74) is 0. The third kappa shape index (κ3) is 6.10. The summed E-state index contributed by atoms with van der Waals surface area (Å²) >= 11 is 0. The molecule has 0 saturated heterocycles. The first-order valence-electron chi connectivity index (χ1n) is 5.77. The van der Waals surface area contributed by atoms with Crippen LogP contribution in [0, 0.1) is 0 Å². The fourth-order valence-corrected chi connectivity index (χ4v) is 1.28. The molecule has 0 aliphatic heterocycles. The second kappa shape index (κ2) is 9.09. The van der Waals surface area contributed by atoms with Crippen LogP contribution in [-0.2, 0) is 14.2 Å². The van der Waals surface area contributed by atoms with Crippen LogP contribution in [0.4, 0.5) is 0 Å². The lowest BCUT2D eigenvalue weighted by molar-refractivity contribution is -0.389. The highest BCUT2D eigenvalue weighted by Gasteiger charge is 2.31. The van der Waals surface area contributed by atoms with Gasteiger partial charge in [-0.2, -0.15) is 0 Å². The Kier molecular flexibility index (Phi) is 9.00. The predicted molar refractivity (Wildman–Crippen MR) is 58.5 cm³/mol. The van der Waals surface area contributed by atoms with E-state index in [1.165, 1.54) is 0 Å². The molecule has 0 heterocycles. The fourth-order valence-electron chi connectivity index (χ4n) is 1.28. The molecule has 0 unspecified atom stereocenters. The third-order valence-electron chi connectivity index (χ3n) is 1.99. The SMILES string of the molecule is CCCCCOC(CO)(OCC)OCC. The molecule has 0 aliphatic rings. The van der Waals surface area contributed by atoms with Gasteiger partial charge in [-0.1, -0.05) is 19.8 Å². The highest BCUT2D eigenvalue weighted by atomic mass is 16.9. The zero-order valence-corrected chi connectivity index (χ0v) is 10.1. The van der Waals surface area contributed by atoms with Gasteiger partial charge < -0.3 is 19.3 Å². The molecule has 0 aromatic rings. The minimum atomic E-state index is -1.25. The predicted octanol–water partition coefficient (Wildman–Crippen LogP) is 1.91. The Balaban J connectivity index is 3.96. The molecule has 0 amide bonds. The highest BCUT2D eigenvalue weighted by Crippen LogP contribution is 2.15. The third-order valence-corrected chi connectivity index (χ3v) is 1.99. The average Bonchev–Trinajstić information content (AvgIpc) is 2.25. The molecule has 4 nitrogen and oxygen atoms in total. The second-order valence-electron chi connectivity index (χ2n) is 3.26. The first-order valence-corrected chi connectivity index (χ1v) is 5.77. The molecule has 1 N–H and O–H groups in total. The molecule has 0 aromatic heterocycles. The van der Waals surface area contributed by atoms with Gasteiger partial charge in [0.25, 0.3) is 0 Å². The van der Waals surface area contributed by atoms with Crippen LogP contribution in [0.1, 0.15) is 40.0 Å². The molecular formula is C11H24O4. The quantitative estimate of drug-likeness (QED) is 0.451. The Morgan fingerprint density at radius 3 is 1.93 bits per heavy atom. The maximum absolute atomic E-state index is 9.22. The minimum absolute atomic E-state index is 0.277. The van der Waals surface area contributed by atoms with Gasteiger partial charge in [0, 0.05) is 13.2 Å². The molecule has 0 saturated carbocycles. The Morgan fingerprint density at radius 2 is 1.53 bits per heavy atom. The number of aliphatic hydroxyl groups is 1. The monoisotopic (exact) mass is 220 g/mol. The summed E-state index contributed by atoms with van der Waals surface area (Å²) in [5, 5.41) is 9.22. The normalized spacial score (nSPS) is 12.0. The topological polar surface area (TPSA) is 47.9 Å². The summed E-state index contributed by atoms with van der Waals surface area (Å²) in [6, 6.07) is 0. The summed E-state index contributed by atoms with van der Waals surface area (Å²) < 4.78 is 16.1. The van der Waals surface area contributed by atoms with E-state index in [0.717, 1.165) is 19.3 Å². The number of hydrogen-bond donors (Lipinski definition) is 1. The highest BCUT2D eigenvalue weighted by molar-refractivity contribution is 4.55. The van der Waals surface area contributed by atoms with Crippen molar-refractivity contribution in [2.24, 2.45) is 0 Å². The lowest BCUT2D eigenvalue weighted by atomic mass is 10.3. The van der Waals surface area contributed by atoms with Crippen molar-refractivity contribution < 1.29 is 19.3 Å². The van der Waals surface area contributed by atoms with Crippen LogP contribution in [0.5, 0.6) is 0 Å². The van der Waals surface area contributed by atoms with Crippen LogP contribution in [0.15, 0.2) is 0 Å². The first kappa shape index (κ1) is 14.8. The molecule has 0 spiro atoms. The van der Waals surface area contributed by atoms with Crippen LogP contribution in [0.2, 0.25) is 0 Å². The van der Waals surface area contributed by atoms with Gasteiger partial charge in [0.1, 0.15) is 6.61 Å². The number of rotatable bonds is 10. The second-order valence-corrected chi connectivity index (χ2v) is 3.26. The van der Waals surface area contributed by atoms with Gasteiger partial charge in [0.2, 0.25) is 0 Å². The van der Waals surface area contributed by atoms with E-state index in [1.54, 1.807) is 0 Å². The summed E-state index contributed by atoms with van der Waals surface area (Å²) in [7, 11) is 0. The largest absolute Gasteiger partial charge is 0.388 e. The van der Waals surface area contributed by atoms with Crippen molar-refractivity contribution in [1.29, 1.82) is 0 Å². The average molecular weight is 220 g/mol. The Hall–Kier alpha value is -0.160. The van der Waals surface area contributed by atoms with E-state index in [2.05, 4.69) is 6.92 Å². The van der Waals surface area contributed by atoms with Crippen molar-refractivity contribution in [2.45, 2.75) is 46.0 Å². The Bertz CT molecular complexity index is 133. The number of hydrogen-bond acceptors (Lipinski definition) is 4. The van der Waals surface area contributed by atoms with Crippen LogP contribution < -0.4 is 0 Å². The van der Waals surface area contributed by atoms with Crippen molar-refractivity contribution >= 4 is 0 Å². The fraction of sp³-hybridized carbons (Fsp3) is 1.00. The Labute approximate surface area is 92.5 Å². The van der Waals surface area contributed by atoms with Crippen molar-refractivity contribution in [3.05, 3.63) is 0 Å². The molecule has 0 radical (unpaired) electrons. The van der Waals surface area contributed by atoms with Crippen molar-refractivity contribution in [3.63, 3.8) is 0 Å². The molecule has 92 valence electrons. The number of aliphatic hydroxyl groups excluding tert-OH is 1. The molecule has 0 bridgehead atoms. The molecular weight excluding hydrogens is 196 g/mol. The van der Waals surface area contributed by atoms with Gasteiger partial charge in [-0.15, -0.1) is 0 Å². The van der Waals surface area contributed by atoms with Crippen molar-refractivity contribution in [3.8, 4) is 0 Å². The van der Waals surface area contributed by atoms with Gasteiger partial charge in [0.05, 0.1) is 6.61 Å². The van der Waals surface area contributed by atoms with Gasteiger partial charge in [-0.05, 0) is 20.3 Å². The van der Waals surface area contributed by atoms with E-state index < -0.39 is 5.97 Å². The van der Waals surface area contributed by atoms with Gasteiger partial charge in [-0.3, -0.25) is 0 Å². The first-order chi connectivity index (χ1) is 7.24. The molecule has 0 fully saturated rings. The lowest BCUT2D eigenvalue weighted by Crippen LogP contribution is -2.43. The van der Waals surface area contributed by atoms with Crippen molar-refractivity contribution in [1.82, 2.24) is 0 Å². The van der Waals surface area contributed by atoms with E-state index in [1.807, 2.05) is 13.8 Å². The maximum atomic E-state index is 9.22. The molecule has 15 heavy (non-hydrogen) atoms. The standard InChI is InChI=1S/C11H24O4/c1-4-7-8-9-15-11(10-12,13-5-2)14-6-3/h12H,4-10H2,1-3H3. The molecule has 0 rings (SSSR count). The molecule has 0 aromatic carbocycles. The summed E-state index contributed by atoms with van der Waals surface area (Å²) in [5.74, 6) is -1.25. The van der Waals surface area contributed by atoms with Crippen LogP contribution >= 0.6 is 0 Å². The van der Waals surface area contributed by atoms with Crippen LogP contribution in [-0.4, -0.2) is 37.5 Å². The zero-order valence-electron chi connectivity index (χ0n) is 10.1. The van der Waals surface area contributed by atoms with Gasteiger partial charge in [-0.25, -0.2) is 0 Å². The zero-order chi connectivity index (χ0) is 11.6. The smallest absolute Gasteiger partial charge is 0.307 e. The van der Waals surface area contributed by atoms with Crippen molar-refractivity contribution in [2.75, 3.05) is 26.4 Å². The summed E-state index contributed by atoms with van der Waals surface area (Å²) in [6.45, 7) is 7.00. The molecule has 0 aliphatic carbocycles.